The number of nitro groups is 2. The number of rotatable bonds is 20. The third-order valence-electron chi connectivity index (χ3n) is 23.8. The van der Waals surface area contributed by atoms with Crippen LogP contribution in [0.25, 0.3) is 0 Å². The maximum absolute atomic E-state index is 12.0. The summed E-state index contributed by atoms with van der Waals surface area (Å²) in [6.07, 6.45) is 0. The molecule has 6 aliphatic heterocycles. The number of hydrogen-bond donors (Lipinski definition) is 2. The highest BCUT2D eigenvalue weighted by Crippen LogP contribution is 2.36. The monoisotopic (exact) mass is 1790 g/mol. The Morgan fingerprint density at radius 3 is 0.806 bits per heavy atom. The summed E-state index contributed by atoms with van der Waals surface area (Å²) >= 11 is 0. The minimum atomic E-state index is -0.403. The molecule has 0 atom stereocenters. The Labute approximate surface area is 780 Å². The van der Waals surface area contributed by atoms with Crippen molar-refractivity contribution in [3.8, 4) is 0 Å². The minimum Gasteiger partial charge on any atom is -0.398 e. The van der Waals surface area contributed by atoms with Gasteiger partial charge in [-0.1, -0.05) is 188 Å². The lowest BCUT2D eigenvalue weighted by atomic mass is 9.92. The Kier molecular flexibility index (Phi) is 31.0. The summed E-state index contributed by atoms with van der Waals surface area (Å²) in [5.74, 6) is 0.237. The zero-order valence-electron chi connectivity index (χ0n) is 77.4. The van der Waals surface area contributed by atoms with E-state index in [9.17, 15) is 49.0 Å². The fourth-order valence-electron chi connectivity index (χ4n) is 16.8. The van der Waals surface area contributed by atoms with E-state index in [4.69, 9.17) is 11.5 Å². The lowest BCUT2D eigenvalue weighted by Crippen LogP contribution is -2.23. The van der Waals surface area contributed by atoms with Crippen molar-refractivity contribution in [3.05, 3.63) is 387 Å². The predicted molar refractivity (Wildman–Crippen MR) is 542 cm³/mol. The van der Waals surface area contributed by atoms with E-state index < -0.39 is 4.92 Å². The van der Waals surface area contributed by atoms with Gasteiger partial charge >= 0.3 is 0 Å². The highest BCUT2D eigenvalue weighted by atomic mass is 16.6. The number of nitrogens with zero attached hydrogens (tertiary/aromatic N) is 14. The second-order valence-electron chi connectivity index (χ2n) is 32.6. The Balaban J connectivity index is 0.000000137. The predicted octanol–water partition coefficient (Wildman–Crippen LogP) is 18.0. The molecule has 0 aliphatic carbocycles. The number of carbonyl (C=O) groups is 6. The molecule has 26 heteroatoms. The summed E-state index contributed by atoms with van der Waals surface area (Å²) in [5.41, 5.74) is 38.7. The number of benzene rings is 12. The highest BCUT2D eigenvalue weighted by Gasteiger charge is 2.31. The topological polar surface area (TPSA) is 334 Å². The molecular formula is C108H108N16O10. The number of nitro benzene ring substituents is 2. The van der Waals surface area contributed by atoms with Crippen LogP contribution in [0.1, 0.15) is 170 Å². The molecule has 6 aliphatic rings. The molecule has 0 bridgehead atoms. The Bertz CT molecular complexity index is 6690. The van der Waals surface area contributed by atoms with E-state index in [1.807, 2.05) is 216 Å². The maximum Gasteiger partial charge on any atom is 0.293 e. The first kappa shape index (κ1) is 95.5. The second-order valence-corrected chi connectivity index (χ2v) is 32.6. The fraction of sp³-hybridized carbons (Fsp3) is 0.222. The smallest absolute Gasteiger partial charge is 0.293 e. The van der Waals surface area contributed by atoms with E-state index in [0.717, 1.165) is 144 Å². The van der Waals surface area contributed by atoms with Gasteiger partial charge in [0, 0.05) is 217 Å². The van der Waals surface area contributed by atoms with Crippen molar-refractivity contribution < 1.29 is 38.6 Å². The first-order valence-electron chi connectivity index (χ1n) is 44.6. The number of Topliss-reactive ketones (excluding diaryl/α,β-unsaturated/α-hetero) is 6. The van der Waals surface area contributed by atoms with E-state index in [1.165, 1.54) is 11.8 Å². The van der Waals surface area contributed by atoms with E-state index in [1.54, 1.807) is 61.5 Å². The first-order chi connectivity index (χ1) is 64.7. The van der Waals surface area contributed by atoms with Gasteiger partial charge in [-0.15, -0.1) is 0 Å². The van der Waals surface area contributed by atoms with Crippen LogP contribution in [-0.4, -0.2) is 200 Å². The molecule has 0 radical (unpaired) electrons. The van der Waals surface area contributed by atoms with Crippen molar-refractivity contribution >= 4 is 126 Å². The third kappa shape index (κ3) is 21.3. The molecule has 0 aromatic heterocycles. The molecule has 0 amide bonds. The molecule has 0 saturated carbocycles. The molecule has 12 aromatic rings. The lowest BCUT2D eigenvalue weighted by Gasteiger charge is -2.23. The van der Waals surface area contributed by atoms with Crippen molar-refractivity contribution in [2.24, 2.45) is 30.0 Å². The molecule has 12 aromatic carbocycles. The fourth-order valence-corrected chi connectivity index (χ4v) is 16.8. The van der Waals surface area contributed by atoms with Gasteiger partial charge in [0.05, 0.1) is 55.5 Å². The Morgan fingerprint density at radius 2 is 0.507 bits per heavy atom. The van der Waals surface area contributed by atoms with Crippen LogP contribution in [-0.2, 0) is 0 Å². The normalized spacial score (nSPS) is 13.5. The standard InChI is InChI=1S/C19H19N3O3.C19H21N3O.C19H20N2O.C17H15N3O3.C17H17N3O.C17H16N2O/c1-3-21(4-2)16-10-9-13(11-17(16)22(24)25)19-15-8-6-5-7-14(15)18(23)12-20-19;1-3-22(4-2)13-9-10-16(17(20)11-13)19-15-8-6-5-7-14(15)18(23)12-21-19;1-3-21(4-2)15-11-9-14(10-12-15)19-17-8-6-5-7-16(17)18(22)13-20-19;1-19(2)14-8-7-11(9-15(14)20(22)23)17-13-6-4-3-5-12(13)16(21)10-18-17;1-20(2)15-8-7-11(9-14(15)18)17-13-6-4-3-5-12(13)16(21)10-19-17;1-19(2)13-9-7-12(8-10-13)17-15-6-4-3-5-14(15)16(20)11-18-17/h5-11H,3-4,12H2,1-2H3;5-11H,3-4,12,20H2,1-2H3;5-12H,3-4,13H2,1-2H3;3-9H,10H2,1-2H3;3-9H,10,18H2,1-2H3;3-10H,11H2,1-2H3. The molecular weight excluding hydrogens is 1680 g/mol. The SMILES string of the molecule is CCN(CC)c1ccc(C2=NCC(=O)c3ccccc32)c(N)c1.CCN(CC)c1ccc(C2=NCC(=O)c3ccccc32)cc1.CCN(CC)c1ccc(C2=NCC(=O)c3ccccc32)cc1[N+](=O)[O-].CN(C)c1ccc(C2=NCC(=O)c3ccccc32)cc1.CN(C)c1ccc(C2=NCC(=O)c3ccccc32)cc1N.CN(C)c1ccc(C2=NCC(=O)c3ccccc32)cc1[N+](=O)[O-]. The second kappa shape index (κ2) is 43.5. The van der Waals surface area contributed by atoms with Crippen LogP contribution in [0.4, 0.5) is 56.9 Å². The van der Waals surface area contributed by atoms with Crippen LogP contribution in [0.3, 0.4) is 0 Å². The number of nitrogen functional groups attached to an aromatic ring is 2. The summed E-state index contributed by atoms with van der Waals surface area (Å²) in [7, 11) is 11.5. The highest BCUT2D eigenvalue weighted by molar-refractivity contribution is 6.27. The molecule has 6 heterocycles. The average Bonchev–Trinajstić information content (AvgIpc) is 0.790. The largest absolute Gasteiger partial charge is 0.398 e. The number of aliphatic imine (C=N–C) groups is 6. The molecule has 4 N–H and O–H groups in total. The van der Waals surface area contributed by atoms with Gasteiger partial charge < -0.3 is 40.9 Å². The van der Waals surface area contributed by atoms with Gasteiger partial charge in [0.1, 0.15) is 50.6 Å². The van der Waals surface area contributed by atoms with Crippen molar-refractivity contribution in [2.45, 2.75) is 41.5 Å². The van der Waals surface area contributed by atoms with Crippen molar-refractivity contribution in [2.75, 3.05) is 162 Å². The van der Waals surface area contributed by atoms with Gasteiger partial charge in [-0.25, -0.2) is 0 Å². The molecule has 0 fully saturated rings. The van der Waals surface area contributed by atoms with Crippen LogP contribution in [0.2, 0.25) is 0 Å². The number of anilines is 8. The molecule has 0 unspecified atom stereocenters. The molecule has 134 heavy (non-hydrogen) atoms. The first-order valence-corrected chi connectivity index (χ1v) is 44.6. The van der Waals surface area contributed by atoms with Gasteiger partial charge in [0.2, 0.25) is 0 Å². The van der Waals surface area contributed by atoms with Crippen molar-refractivity contribution in [3.63, 3.8) is 0 Å². The summed E-state index contributed by atoms with van der Waals surface area (Å²) in [6, 6.07) is 83.9. The average molecular weight is 1790 g/mol. The summed E-state index contributed by atoms with van der Waals surface area (Å²) in [6.45, 7) is 18.7. The third-order valence-corrected chi connectivity index (χ3v) is 23.8. The Morgan fingerprint density at radius 1 is 0.254 bits per heavy atom. The van der Waals surface area contributed by atoms with Crippen LogP contribution in [0, 0.1) is 20.2 Å². The van der Waals surface area contributed by atoms with E-state index in [2.05, 4.69) is 127 Å². The number of ketones is 6. The maximum atomic E-state index is 12.0. The van der Waals surface area contributed by atoms with Crippen LogP contribution < -0.4 is 40.9 Å². The van der Waals surface area contributed by atoms with E-state index >= 15 is 0 Å². The zero-order valence-corrected chi connectivity index (χ0v) is 77.4. The molecule has 0 spiro atoms. The molecule has 680 valence electrons. The van der Waals surface area contributed by atoms with E-state index in [-0.39, 0.29) is 90.3 Å². The summed E-state index contributed by atoms with van der Waals surface area (Å²) in [5, 5.41) is 22.9. The van der Waals surface area contributed by atoms with Crippen LogP contribution >= 0.6 is 0 Å². The van der Waals surface area contributed by atoms with Gasteiger partial charge in [0.25, 0.3) is 11.4 Å². The number of carbonyl (C=O) groups excluding carboxylic acids is 6. The number of fused-ring (bicyclic) bond motifs is 6. The summed E-state index contributed by atoms with van der Waals surface area (Å²) < 4.78 is 0. The number of hydrogen-bond acceptors (Lipinski definition) is 24. The quantitative estimate of drug-likeness (QED) is 0.0407. The van der Waals surface area contributed by atoms with Gasteiger partial charge in [0.15, 0.2) is 34.7 Å². The van der Waals surface area contributed by atoms with Crippen molar-refractivity contribution in [1.29, 1.82) is 0 Å². The zero-order chi connectivity index (χ0) is 95.6. The molecule has 0 saturated heterocycles. The number of nitrogens with two attached hydrogens (primary N) is 2. The summed E-state index contributed by atoms with van der Waals surface area (Å²) in [4.78, 5) is 133. The molecule has 18 rings (SSSR count). The van der Waals surface area contributed by atoms with Gasteiger partial charge in [-0.3, -0.25) is 79.0 Å². The van der Waals surface area contributed by atoms with Crippen LogP contribution in [0.15, 0.2) is 297 Å². The molecule has 26 nitrogen and oxygen atoms in total. The van der Waals surface area contributed by atoms with Gasteiger partial charge in [-0.2, -0.15) is 0 Å². The van der Waals surface area contributed by atoms with Crippen LogP contribution in [0.5, 0.6) is 0 Å². The minimum absolute atomic E-state index is 0.0181. The van der Waals surface area contributed by atoms with Gasteiger partial charge in [-0.05, 0) is 108 Å². The Hall–Kier alpha value is -16.1. The van der Waals surface area contributed by atoms with Crippen molar-refractivity contribution in [1.82, 2.24) is 0 Å². The van der Waals surface area contributed by atoms with E-state index in [0.29, 0.717) is 69.5 Å². The lowest BCUT2D eigenvalue weighted by molar-refractivity contribution is -0.384.